The standard InChI is InChI=1S/C16H25NO2/c1-11-9-13(3)14(10-12(11)2)15(17(4)5)7-8-16(18)19-6/h9-10,15H,7-8H2,1-6H3. The van der Waals surface area contributed by atoms with Gasteiger partial charge in [-0.15, -0.1) is 0 Å². The Hall–Kier alpha value is -1.35. The van der Waals surface area contributed by atoms with E-state index >= 15 is 0 Å². The molecule has 19 heavy (non-hydrogen) atoms. The van der Waals surface area contributed by atoms with Crippen LogP contribution < -0.4 is 0 Å². The average Bonchev–Trinajstić information content (AvgIpc) is 2.34. The Kier molecular flexibility index (Phi) is 5.55. The molecule has 0 heterocycles. The van der Waals surface area contributed by atoms with E-state index in [1.54, 1.807) is 0 Å². The van der Waals surface area contributed by atoms with Crippen molar-refractivity contribution >= 4 is 5.97 Å². The quantitative estimate of drug-likeness (QED) is 0.764. The Bertz CT molecular complexity index is 452. The molecule has 1 rings (SSSR count). The van der Waals surface area contributed by atoms with E-state index in [0.717, 1.165) is 6.42 Å². The Morgan fingerprint density at radius 2 is 1.74 bits per heavy atom. The maximum absolute atomic E-state index is 11.3. The van der Waals surface area contributed by atoms with Crippen LogP contribution in [0.25, 0.3) is 0 Å². The van der Waals surface area contributed by atoms with Crippen LogP contribution >= 0.6 is 0 Å². The Balaban J connectivity index is 2.99. The number of benzene rings is 1. The fraction of sp³-hybridized carbons (Fsp3) is 0.562. The minimum absolute atomic E-state index is 0.145. The zero-order valence-electron chi connectivity index (χ0n) is 12.9. The topological polar surface area (TPSA) is 29.5 Å². The number of esters is 1. The summed E-state index contributed by atoms with van der Waals surface area (Å²) in [5, 5.41) is 0. The van der Waals surface area contributed by atoms with Gasteiger partial charge in [0.15, 0.2) is 0 Å². The summed E-state index contributed by atoms with van der Waals surface area (Å²) in [5.74, 6) is -0.145. The molecule has 0 amide bonds. The molecule has 1 aromatic carbocycles. The van der Waals surface area contributed by atoms with Gasteiger partial charge in [-0.1, -0.05) is 12.1 Å². The van der Waals surface area contributed by atoms with Gasteiger partial charge >= 0.3 is 5.97 Å². The molecule has 0 aliphatic rings. The summed E-state index contributed by atoms with van der Waals surface area (Å²) < 4.78 is 4.73. The summed E-state index contributed by atoms with van der Waals surface area (Å²) >= 11 is 0. The number of carbonyl (C=O) groups excluding carboxylic acids is 1. The summed E-state index contributed by atoms with van der Waals surface area (Å²) in [7, 11) is 5.54. The highest BCUT2D eigenvalue weighted by Crippen LogP contribution is 2.28. The van der Waals surface area contributed by atoms with Gasteiger partial charge < -0.3 is 9.64 Å². The number of carbonyl (C=O) groups is 1. The van der Waals surface area contributed by atoms with Crippen molar-refractivity contribution in [3.05, 3.63) is 34.4 Å². The zero-order valence-corrected chi connectivity index (χ0v) is 12.9. The largest absolute Gasteiger partial charge is 0.469 e. The van der Waals surface area contributed by atoms with E-state index in [4.69, 9.17) is 4.74 Å². The molecule has 3 heteroatoms. The number of rotatable bonds is 5. The number of methoxy groups -OCH3 is 1. The smallest absolute Gasteiger partial charge is 0.305 e. The van der Waals surface area contributed by atoms with Crippen LogP contribution in [0, 0.1) is 20.8 Å². The second kappa shape index (κ2) is 6.71. The number of nitrogens with zero attached hydrogens (tertiary/aromatic N) is 1. The van der Waals surface area contributed by atoms with Crippen molar-refractivity contribution in [2.75, 3.05) is 21.2 Å². The Labute approximate surface area is 116 Å². The van der Waals surface area contributed by atoms with E-state index in [9.17, 15) is 4.79 Å². The van der Waals surface area contributed by atoms with E-state index in [2.05, 4.69) is 51.9 Å². The normalized spacial score (nSPS) is 12.6. The highest BCUT2D eigenvalue weighted by atomic mass is 16.5. The molecule has 1 unspecified atom stereocenters. The van der Waals surface area contributed by atoms with Gasteiger partial charge in [-0.2, -0.15) is 0 Å². The molecule has 0 aromatic heterocycles. The van der Waals surface area contributed by atoms with Gasteiger partial charge in [0.25, 0.3) is 0 Å². The van der Waals surface area contributed by atoms with Gasteiger partial charge in [-0.3, -0.25) is 4.79 Å². The van der Waals surface area contributed by atoms with E-state index in [-0.39, 0.29) is 12.0 Å². The van der Waals surface area contributed by atoms with Crippen LogP contribution in [0.4, 0.5) is 0 Å². The molecule has 0 fully saturated rings. The first-order chi connectivity index (χ1) is 8.86. The first kappa shape index (κ1) is 15.7. The van der Waals surface area contributed by atoms with Crippen molar-refractivity contribution in [3.8, 4) is 0 Å². The lowest BCUT2D eigenvalue weighted by molar-refractivity contribution is -0.141. The third-order valence-corrected chi connectivity index (χ3v) is 3.71. The predicted octanol–water partition coefficient (Wildman–Crippen LogP) is 3.17. The van der Waals surface area contributed by atoms with E-state index in [1.807, 2.05) is 0 Å². The van der Waals surface area contributed by atoms with E-state index in [0.29, 0.717) is 6.42 Å². The molecule has 1 aromatic rings. The van der Waals surface area contributed by atoms with Crippen LogP contribution in [0.3, 0.4) is 0 Å². The van der Waals surface area contributed by atoms with Crippen LogP contribution in [0.15, 0.2) is 12.1 Å². The third-order valence-electron chi connectivity index (χ3n) is 3.71. The third kappa shape index (κ3) is 4.06. The molecule has 0 radical (unpaired) electrons. The molecular weight excluding hydrogens is 238 g/mol. The van der Waals surface area contributed by atoms with Crippen molar-refractivity contribution < 1.29 is 9.53 Å². The predicted molar refractivity (Wildman–Crippen MR) is 78.3 cm³/mol. The number of hydrogen-bond donors (Lipinski definition) is 0. The molecule has 0 N–H and O–H groups in total. The van der Waals surface area contributed by atoms with Crippen LogP contribution in [0.5, 0.6) is 0 Å². The average molecular weight is 263 g/mol. The van der Waals surface area contributed by atoms with Crippen LogP contribution in [0.2, 0.25) is 0 Å². The van der Waals surface area contributed by atoms with Crippen LogP contribution in [-0.4, -0.2) is 32.1 Å². The second-order valence-corrected chi connectivity index (χ2v) is 5.39. The molecular formula is C16H25NO2. The van der Waals surface area contributed by atoms with Gasteiger partial charge in [-0.05, 0) is 63.5 Å². The SMILES string of the molecule is COC(=O)CCC(c1cc(C)c(C)cc1C)N(C)C. The number of aryl methyl sites for hydroxylation is 3. The Morgan fingerprint density at radius 3 is 2.26 bits per heavy atom. The first-order valence-corrected chi connectivity index (χ1v) is 6.67. The second-order valence-electron chi connectivity index (χ2n) is 5.39. The fourth-order valence-corrected chi connectivity index (χ4v) is 2.39. The van der Waals surface area contributed by atoms with Gasteiger partial charge in [-0.25, -0.2) is 0 Å². The Morgan fingerprint density at radius 1 is 1.16 bits per heavy atom. The summed E-state index contributed by atoms with van der Waals surface area (Å²) in [6, 6.07) is 4.71. The van der Waals surface area contributed by atoms with Gasteiger partial charge in [0.1, 0.15) is 0 Å². The monoisotopic (exact) mass is 263 g/mol. The van der Waals surface area contributed by atoms with E-state index < -0.39 is 0 Å². The molecule has 0 aliphatic heterocycles. The summed E-state index contributed by atoms with van der Waals surface area (Å²) in [5.41, 5.74) is 5.20. The van der Waals surface area contributed by atoms with Crippen molar-refractivity contribution in [3.63, 3.8) is 0 Å². The molecule has 0 saturated carbocycles. The number of ether oxygens (including phenoxy) is 1. The van der Waals surface area contributed by atoms with Crippen LogP contribution in [0.1, 0.15) is 41.1 Å². The summed E-state index contributed by atoms with van der Waals surface area (Å²) in [6.07, 6.45) is 1.23. The van der Waals surface area contributed by atoms with Gasteiger partial charge in [0, 0.05) is 12.5 Å². The molecule has 106 valence electrons. The highest BCUT2D eigenvalue weighted by Gasteiger charge is 2.18. The maximum atomic E-state index is 11.3. The van der Waals surface area contributed by atoms with Crippen LogP contribution in [-0.2, 0) is 9.53 Å². The zero-order chi connectivity index (χ0) is 14.6. The summed E-state index contributed by atoms with van der Waals surface area (Å²) in [6.45, 7) is 6.40. The van der Waals surface area contributed by atoms with Gasteiger partial charge in [0.05, 0.1) is 7.11 Å². The van der Waals surface area contributed by atoms with Crippen molar-refractivity contribution in [1.82, 2.24) is 4.90 Å². The molecule has 0 saturated heterocycles. The van der Waals surface area contributed by atoms with Crippen molar-refractivity contribution in [1.29, 1.82) is 0 Å². The first-order valence-electron chi connectivity index (χ1n) is 6.67. The number of hydrogen-bond acceptors (Lipinski definition) is 3. The minimum Gasteiger partial charge on any atom is -0.469 e. The molecule has 1 atom stereocenters. The van der Waals surface area contributed by atoms with Crippen molar-refractivity contribution in [2.24, 2.45) is 0 Å². The maximum Gasteiger partial charge on any atom is 0.305 e. The molecule has 3 nitrogen and oxygen atoms in total. The molecule has 0 spiro atoms. The summed E-state index contributed by atoms with van der Waals surface area (Å²) in [4.78, 5) is 13.5. The fourth-order valence-electron chi connectivity index (χ4n) is 2.39. The van der Waals surface area contributed by atoms with Crippen molar-refractivity contribution in [2.45, 2.75) is 39.7 Å². The lowest BCUT2D eigenvalue weighted by Gasteiger charge is -2.27. The van der Waals surface area contributed by atoms with E-state index in [1.165, 1.54) is 29.4 Å². The minimum atomic E-state index is -0.145. The lowest BCUT2D eigenvalue weighted by Crippen LogP contribution is -2.22. The lowest BCUT2D eigenvalue weighted by atomic mass is 9.93. The molecule has 0 aliphatic carbocycles. The van der Waals surface area contributed by atoms with Gasteiger partial charge in [0.2, 0.25) is 0 Å². The molecule has 0 bridgehead atoms. The highest BCUT2D eigenvalue weighted by molar-refractivity contribution is 5.69.